The molecule has 172 valence electrons. The van der Waals surface area contributed by atoms with E-state index in [9.17, 15) is 24.6 Å². The number of carboxylic acid groups (broad SMARTS) is 1. The summed E-state index contributed by atoms with van der Waals surface area (Å²) in [7, 11) is 3.80. The van der Waals surface area contributed by atoms with Crippen molar-refractivity contribution in [2.24, 2.45) is 15.3 Å². The molecule has 0 heterocycles. The largest absolute Gasteiger partial charge is 0.500 e. The number of hydrazone groups is 1. The van der Waals surface area contributed by atoms with Crippen molar-refractivity contribution < 1.29 is 29.3 Å². The summed E-state index contributed by atoms with van der Waals surface area (Å²) in [6, 6.07) is 12.9. The number of benzene rings is 2. The Labute approximate surface area is 189 Å². The molecule has 0 spiro atoms. The van der Waals surface area contributed by atoms with Gasteiger partial charge in [-0.05, 0) is 36.8 Å². The first-order chi connectivity index (χ1) is 15.7. The van der Waals surface area contributed by atoms with Gasteiger partial charge >= 0.3 is 11.9 Å². The van der Waals surface area contributed by atoms with Crippen molar-refractivity contribution in [2.75, 3.05) is 25.6 Å². The lowest BCUT2D eigenvalue weighted by molar-refractivity contribution is -0.142. The topological polar surface area (TPSA) is 153 Å². The summed E-state index contributed by atoms with van der Waals surface area (Å²) in [5.41, 5.74) is 2.73. The lowest BCUT2D eigenvalue weighted by Gasteiger charge is -2.11. The summed E-state index contributed by atoms with van der Waals surface area (Å²) < 4.78 is 4.69. The number of nitrogens with zero attached hydrogens (tertiary/aromatic N) is 4. The number of carbonyl (C=O) groups is 3. The number of hydrogen-bond donors (Lipinski definition) is 3. The Bertz CT molecular complexity index is 1110. The number of carbonyl (C=O) groups excluding carboxylic acids is 2. The second kappa shape index (κ2) is 11.7. The van der Waals surface area contributed by atoms with Crippen molar-refractivity contribution in [1.82, 2.24) is 5.43 Å². The molecule has 0 aliphatic heterocycles. The van der Waals surface area contributed by atoms with Crippen LogP contribution in [0.5, 0.6) is 0 Å². The number of azo groups is 1. The Morgan fingerprint density at radius 1 is 1.06 bits per heavy atom. The Kier molecular flexibility index (Phi) is 8.80. The molecule has 11 nitrogen and oxygen atoms in total. The summed E-state index contributed by atoms with van der Waals surface area (Å²) in [4.78, 5) is 37.7. The molecular weight excluding hydrogens is 430 g/mol. The van der Waals surface area contributed by atoms with Gasteiger partial charge in [-0.15, -0.1) is 10.2 Å². The maximum atomic E-state index is 12.5. The van der Waals surface area contributed by atoms with Crippen LogP contribution < -0.4 is 10.3 Å². The number of aromatic carboxylic acids is 1. The average Bonchev–Trinajstić information content (AvgIpc) is 2.79. The fourth-order valence-electron chi connectivity index (χ4n) is 2.42. The van der Waals surface area contributed by atoms with Crippen LogP contribution in [0.3, 0.4) is 0 Å². The van der Waals surface area contributed by atoms with Crippen LogP contribution in [0.25, 0.3) is 0 Å². The third kappa shape index (κ3) is 6.99. The molecule has 0 aliphatic carbocycles. The number of hydrogen-bond acceptors (Lipinski definition) is 9. The summed E-state index contributed by atoms with van der Waals surface area (Å²) in [5.74, 6) is -4.62. The van der Waals surface area contributed by atoms with E-state index < -0.39 is 29.3 Å². The van der Waals surface area contributed by atoms with Crippen LogP contribution in [0.1, 0.15) is 22.8 Å². The number of esters is 1. The van der Waals surface area contributed by atoms with Crippen LogP contribution in [0, 0.1) is 0 Å². The minimum absolute atomic E-state index is 0.0577. The first kappa shape index (κ1) is 24.7. The molecule has 0 aliphatic rings. The van der Waals surface area contributed by atoms with Gasteiger partial charge in [-0.2, -0.15) is 5.10 Å². The zero-order valence-corrected chi connectivity index (χ0v) is 18.2. The second-order valence-corrected chi connectivity index (χ2v) is 6.63. The molecule has 0 aromatic heterocycles. The molecule has 0 fully saturated rings. The molecule has 0 unspecified atom stereocenters. The highest BCUT2D eigenvalue weighted by Gasteiger charge is 2.22. The van der Waals surface area contributed by atoms with Gasteiger partial charge in [-0.25, -0.2) is 15.0 Å². The van der Waals surface area contributed by atoms with Gasteiger partial charge < -0.3 is 19.8 Å². The third-order valence-electron chi connectivity index (χ3n) is 4.09. The standard InChI is InChI=1S/C22H23N5O6/c1-4-33-22(32)19(28)18(25-24-17-8-6-5-7-16(17)21(30)31)20(29)26-23-13-14-9-11-15(12-10-14)27(2)3/h5-13,28H,4H2,1-3H3,(H,26,29)(H,30,31). The van der Waals surface area contributed by atoms with Crippen molar-refractivity contribution >= 4 is 35.4 Å². The maximum absolute atomic E-state index is 12.5. The SMILES string of the molecule is CCOC(=O)C(O)=C(N=Nc1ccccc1C(=O)O)C(=O)NN=Cc1ccc(N(C)C)cc1. The Balaban J connectivity index is 2.28. The van der Waals surface area contributed by atoms with Crippen LogP contribution in [0.2, 0.25) is 0 Å². The maximum Gasteiger partial charge on any atom is 0.376 e. The molecule has 33 heavy (non-hydrogen) atoms. The number of ether oxygens (including phenoxy) is 1. The van der Waals surface area contributed by atoms with E-state index >= 15 is 0 Å². The number of aliphatic hydroxyl groups is 1. The van der Waals surface area contributed by atoms with Crippen molar-refractivity contribution in [3.8, 4) is 0 Å². The van der Waals surface area contributed by atoms with E-state index in [-0.39, 0.29) is 17.9 Å². The highest BCUT2D eigenvalue weighted by Crippen LogP contribution is 2.21. The van der Waals surface area contributed by atoms with Gasteiger partial charge in [0, 0.05) is 19.8 Å². The van der Waals surface area contributed by atoms with Crippen molar-refractivity contribution in [3.05, 3.63) is 71.1 Å². The van der Waals surface area contributed by atoms with Crippen LogP contribution in [-0.2, 0) is 14.3 Å². The third-order valence-corrected chi connectivity index (χ3v) is 4.09. The zero-order chi connectivity index (χ0) is 24.4. The predicted octanol–water partition coefficient (Wildman–Crippen LogP) is 3.02. The molecule has 2 rings (SSSR count). The Morgan fingerprint density at radius 2 is 1.73 bits per heavy atom. The van der Waals surface area contributed by atoms with Gasteiger partial charge in [0.15, 0.2) is 0 Å². The van der Waals surface area contributed by atoms with E-state index in [1.54, 1.807) is 12.1 Å². The molecule has 1 amide bonds. The molecule has 2 aromatic rings. The van der Waals surface area contributed by atoms with E-state index in [1.165, 1.54) is 37.4 Å². The van der Waals surface area contributed by atoms with Gasteiger partial charge in [0.25, 0.3) is 5.91 Å². The van der Waals surface area contributed by atoms with Crippen LogP contribution in [0.15, 0.2) is 75.3 Å². The monoisotopic (exact) mass is 453 g/mol. The normalized spacial score (nSPS) is 11.8. The number of amides is 1. The van der Waals surface area contributed by atoms with Gasteiger partial charge in [-0.3, -0.25) is 4.79 Å². The number of aliphatic hydroxyl groups excluding tert-OH is 1. The minimum Gasteiger partial charge on any atom is -0.500 e. The highest BCUT2D eigenvalue weighted by atomic mass is 16.5. The fraction of sp³-hybridized carbons (Fsp3) is 0.182. The van der Waals surface area contributed by atoms with Gasteiger partial charge in [-0.1, -0.05) is 24.3 Å². The molecule has 0 radical (unpaired) electrons. The molecular formula is C22H23N5O6. The smallest absolute Gasteiger partial charge is 0.376 e. The van der Waals surface area contributed by atoms with Crippen LogP contribution >= 0.6 is 0 Å². The lowest BCUT2D eigenvalue weighted by Crippen LogP contribution is -2.22. The van der Waals surface area contributed by atoms with Crippen molar-refractivity contribution in [3.63, 3.8) is 0 Å². The fourth-order valence-corrected chi connectivity index (χ4v) is 2.42. The number of rotatable bonds is 9. The van der Waals surface area contributed by atoms with E-state index in [0.717, 1.165) is 5.69 Å². The van der Waals surface area contributed by atoms with E-state index in [1.807, 2.05) is 31.1 Å². The summed E-state index contributed by atoms with van der Waals surface area (Å²) in [6.07, 6.45) is 1.35. The molecule has 0 atom stereocenters. The van der Waals surface area contributed by atoms with Gasteiger partial charge in [0.05, 0.1) is 18.4 Å². The molecule has 0 saturated carbocycles. The Hall–Kier alpha value is -4.54. The predicted molar refractivity (Wildman–Crippen MR) is 121 cm³/mol. The lowest BCUT2D eigenvalue weighted by atomic mass is 10.2. The summed E-state index contributed by atoms with van der Waals surface area (Å²) >= 11 is 0. The first-order valence-corrected chi connectivity index (χ1v) is 9.69. The zero-order valence-electron chi connectivity index (χ0n) is 18.2. The van der Waals surface area contributed by atoms with E-state index in [2.05, 4.69) is 25.5 Å². The minimum atomic E-state index is -1.26. The molecule has 11 heteroatoms. The average molecular weight is 453 g/mol. The van der Waals surface area contributed by atoms with Crippen molar-refractivity contribution in [2.45, 2.75) is 6.92 Å². The first-order valence-electron chi connectivity index (χ1n) is 9.69. The van der Waals surface area contributed by atoms with Gasteiger partial charge in [0.1, 0.15) is 5.69 Å². The van der Waals surface area contributed by atoms with E-state index in [4.69, 9.17) is 0 Å². The summed E-state index contributed by atoms with van der Waals surface area (Å²) in [5, 5.41) is 30.5. The quantitative estimate of drug-likeness (QED) is 0.132. The van der Waals surface area contributed by atoms with Crippen molar-refractivity contribution in [1.29, 1.82) is 0 Å². The van der Waals surface area contributed by atoms with Gasteiger partial charge in [0.2, 0.25) is 11.5 Å². The Morgan fingerprint density at radius 3 is 2.33 bits per heavy atom. The summed E-state index contributed by atoms with van der Waals surface area (Å²) in [6.45, 7) is 1.46. The highest BCUT2D eigenvalue weighted by molar-refractivity contribution is 6.01. The molecule has 0 bridgehead atoms. The molecule has 3 N–H and O–H groups in total. The molecule has 2 aromatic carbocycles. The number of nitrogens with one attached hydrogen (secondary N) is 1. The number of anilines is 1. The molecule has 0 saturated heterocycles. The van der Waals surface area contributed by atoms with Crippen LogP contribution in [-0.4, -0.2) is 55.0 Å². The van der Waals surface area contributed by atoms with Crippen LogP contribution in [0.4, 0.5) is 11.4 Å². The second-order valence-electron chi connectivity index (χ2n) is 6.63. The van der Waals surface area contributed by atoms with E-state index in [0.29, 0.717) is 5.56 Å². The number of carboxylic acids is 1.